The van der Waals surface area contributed by atoms with Gasteiger partial charge in [-0.25, -0.2) is 4.79 Å². The number of carboxylic acid groups (broad SMARTS) is 2. The van der Waals surface area contributed by atoms with Crippen LogP contribution in [0.2, 0.25) is 0 Å². The summed E-state index contributed by atoms with van der Waals surface area (Å²) in [5.74, 6) is -5.19. The first-order valence-electron chi connectivity index (χ1n) is 16.6. The average Bonchev–Trinajstić information content (AvgIpc) is 3.17. The van der Waals surface area contributed by atoms with Gasteiger partial charge >= 0.3 is 71.2 Å². The fraction of sp³-hybridized carbons (Fsp3) is 0.514. The van der Waals surface area contributed by atoms with E-state index in [-0.39, 0.29) is 91.3 Å². The van der Waals surface area contributed by atoms with Crippen molar-refractivity contribution in [3.63, 3.8) is 0 Å². The summed E-state index contributed by atoms with van der Waals surface area (Å²) >= 11 is 0. The van der Waals surface area contributed by atoms with E-state index in [1.165, 1.54) is 0 Å². The Morgan fingerprint density at radius 3 is 2.00 bits per heavy atom. The molecular formula is C35H41NNa2O18. The van der Waals surface area contributed by atoms with E-state index in [2.05, 4.69) is 5.32 Å². The van der Waals surface area contributed by atoms with Crippen LogP contribution in [-0.2, 0) is 52.3 Å². The van der Waals surface area contributed by atoms with Crippen LogP contribution in [0.25, 0.3) is 0 Å². The van der Waals surface area contributed by atoms with Gasteiger partial charge in [0.15, 0.2) is 24.5 Å². The fourth-order valence-electron chi connectivity index (χ4n) is 5.70. The Bertz CT molecular complexity index is 1600. The van der Waals surface area contributed by atoms with Crippen LogP contribution in [-0.4, -0.2) is 147 Å². The molecule has 6 unspecified atom stereocenters. The molecule has 0 saturated carbocycles. The van der Waals surface area contributed by atoms with Crippen molar-refractivity contribution in [2.45, 2.75) is 74.3 Å². The summed E-state index contributed by atoms with van der Waals surface area (Å²) in [5, 5.41) is 57.7. The molecule has 0 bridgehead atoms. The Morgan fingerprint density at radius 2 is 1.38 bits per heavy atom. The van der Waals surface area contributed by atoms with Crippen LogP contribution in [0.4, 0.5) is 4.79 Å². The van der Waals surface area contributed by atoms with E-state index < -0.39 is 91.3 Å². The summed E-state index contributed by atoms with van der Waals surface area (Å²) < 4.78 is 41.6. The second-order valence-corrected chi connectivity index (χ2v) is 12.1. The van der Waals surface area contributed by atoms with Crippen LogP contribution < -0.4 is 74.6 Å². The van der Waals surface area contributed by atoms with Gasteiger partial charge in [0.05, 0.1) is 31.1 Å². The molecule has 2 aliphatic heterocycles. The Hall–Kier alpha value is -2.57. The number of methoxy groups -OCH3 is 2. The van der Waals surface area contributed by atoms with Gasteiger partial charge in [-0.2, -0.15) is 0 Å². The molecule has 0 aliphatic carbocycles. The quantitative estimate of drug-likeness (QED) is 0.0500. The molecule has 2 aliphatic rings. The minimum absolute atomic E-state index is 0. The fourth-order valence-corrected chi connectivity index (χ4v) is 5.70. The van der Waals surface area contributed by atoms with Crippen molar-refractivity contribution in [3.05, 3.63) is 71.3 Å². The number of hydrogen-bond acceptors (Lipinski definition) is 18. The predicted octanol–water partition coefficient (Wildman–Crippen LogP) is -9.24. The maximum absolute atomic E-state index is 12.8. The molecule has 19 nitrogen and oxygen atoms in total. The number of benzene rings is 2. The van der Waals surface area contributed by atoms with Crippen molar-refractivity contribution in [1.82, 2.24) is 5.32 Å². The van der Waals surface area contributed by atoms with Crippen LogP contribution in [0.5, 0.6) is 0 Å². The number of aliphatic hydroxyl groups is 3. The van der Waals surface area contributed by atoms with E-state index in [9.17, 15) is 49.5 Å². The van der Waals surface area contributed by atoms with Crippen molar-refractivity contribution in [2.75, 3.05) is 40.6 Å². The molecule has 2 fully saturated rings. The number of carboxylic acids is 2. The van der Waals surface area contributed by atoms with Crippen LogP contribution in [0, 0.1) is 0 Å². The van der Waals surface area contributed by atoms with Crippen molar-refractivity contribution < 1.29 is 147 Å². The number of alkyl carbamates (subject to hydrolysis) is 1. The zero-order chi connectivity index (χ0) is 39.5. The molecule has 11 atom stereocenters. The minimum atomic E-state index is -2.12. The second-order valence-electron chi connectivity index (χ2n) is 12.1. The topological polar surface area (TPSA) is 278 Å². The monoisotopic (exact) mass is 809 g/mol. The number of aliphatic carboxylic acids is 2. The first-order valence-corrected chi connectivity index (χ1v) is 16.6. The number of aliphatic hydroxyl groups excluding tert-OH is 3. The third kappa shape index (κ3) is 12.7. The third-order valence-corrected chi connectivity index (χ3v) is 8.59. The molecule has 0 radical (unpaired) electrons. The Balaban J connectivity index is 0.00000541. The third-order valence-electron chi connectivity index (χ3n) is 8.59. The smallest absolute Gasteiger partial charge is 0.547 e. The molecule has 2 heterocycles. The van der Waals surface area contributed by atoms with E-state index in [1.54, 1.807) is 61.5 Å². The first kappa shape index (κ1) is 49.6. The van der Waals surface area contributed by atoms with Gasteiger partial charge in [0.1, 0.15) is 49.3 Å². The van der Waals surface area contributed by atoms with E-state index in [4.69, 9.17) is 37.9 Å². The molecule has 2 aromatic rings. The first-order chi connectivity index (χ1) is 25.8. The Kier molecular flexibility index (Phi) is 21.0. The number of carbonyl (C=O) groups excluding carboxylic acids is 5. The van der Waals surface area contributed by atoms with Crippen molar-refractivity contribution in [1.29, 1.82) is 0 Å². The van der Waals surface area contributed by atoms with E-state index in [0.29, 0.717) is 16.7 Å². The van der Waals surface area contributed by atoms with Gasteiger partial charge in [-0.15, -0.1) is 0 Å². The van der Waals surface area contributed by atoms with Crippen molar-refractivity contribution in [3.8, 4) is 0 Å². The van der Waals surface area contributed by atoms with Gasteiger partial charge in [-0.3, -0.25) is 9.59 Å². The summed E-state index contributed by atoms with van der Waals surface area (Å²) in [6.45, 7) is 1.26. The number of amides is 1. The van der Waals surface area contributed by atoms with Crippen molar-refractivity contribution >= 4 is 29.8 Å². The molecule has 4 N–H and O–H groups in total. The molecule has 56 heavy (non-hydrogen) atoms. The molecule has 296 valence electrons. The molecule has 4 rings (SSSR count). The Labute approximate surface area is 365 Å². The number of esters is 1. The molecule has 2 aromatic carbocycles. The van der Waals surface area contributed by atoms with Crippen molar-refractivity contribution in [2.24, 2.45) is 0 Å². The number of ketones is 1. The summed E-state index contributed by atoms with van der Waals surface area (Å²) in [5.41, 5.74) is 1.53. The number of carbonyl (C=O) groups is 5. The molecule has 0 aromatic heterocycles. The number of ether oxygens (including phenoxy) is 8. The average molecular weight is 810 g/mol. The molecule has 2 saturated heterocycles. The van der Waals surface area contributed by atoms with Gasteiger partial charge in [0.25, 0.3) is 0 Å². The van der Waals surface area contributed by atoms with E-state index in [1.807, 2.05) is 0 Å². The summed E-state index contributed by atoms with van der Waals surface area (Å²) in [6.07, 6.45) is -20.4. The van der Waals surface area contributed by atoms with Crippen LogP contribution in [0.1, 0.15) is 34.3 Å². The maximum Gasteiger partial charge on any atom is 1.00 e. The second kappa shape index (κ2) is 23.7. The van der Waals surface area contributed by atoms with E-state index in [0.717, 1.165) is 14.2 Å². The molecular weight excluding hydrogens is 768 g/mol. The van der Waals surface area contributed by atoms with E-state index >= 15 is 0 Å². The zero-order valence-corrected chi connectivity index (χ0v) is 35.3. The minimum Gasteiger partial charge on any atom is -0.547 e. The molecule has 21 heteroatoms. The van der Waals surface area contributed by atoms with Gasteiger partial charge in [0.2, 0.25) is 0 Å². The summed E-state index contributed by atoms with van der Waals surface area (Å²) in [6, 6.07) is 15.4. The predicted molar refractivity (Wildman–Crippen MR) is 173 cm³/mol. The van der Waals surface area contributed by atoms with Crippen LogP contribution >= 0.6 is 0 Å². The van der Waals surface area contributed by atoms with Crippen LogP contribution in [0.3, 0.4) is 0 Å². The van der Waals surface area contributed by atoms with Gasteiger partial charge in [-0.1, -0.05) is 48.5 Å². The summed E-state index contributed by atoms with van der Waals surface area (Å²) in [7, 11) is 2.10. The largest absolute Gasteiger partial charge is 1.00 e. The van der Waals surface area contributed by atoms with Gasteiger partial charge < -0.3 is 78.3 Å². The zero-order valence-electron chi connectivity index (χ0n) is 31.3. The number of hydrogen-bond donors (Lipinski definition) is 4. The maximum atomic E-state index is 12.8. The molecule has 1 amide bonds. The van der Waals surface area contributed by atoms with Gasteiger partial charge in [0, 0.05) is 31.9 Å². The number of nitrogens with one attached hydrogen (secondary N) is 1. The van der Waals surface area contributed by atoms with Gasteiger partial charge in [-0.05, 0) is 18.6 Å². The SMILES string of the molecule is CO[C@@H]1OC(C(=O)[O-])[C@@H](OC2O[C@@H](C(=O)[O-])[C@@H](OC)C(O)C2O)C(O)[C@@H]1OC(=O)NCCOCCOC(=O)C(C)c1cccc(C(=O)c2ccccc2)c1.[Na+].[Na+]. The Morgan fingerprint density at radius 1 is 0.750 bits per heavy atom. The summed E-state index contributed by atoms with van der Waals surface area (Å²) in [4.78, 5) is 61.5. The normalized spacial score (nSPS) is 27.7. The van der Waals surface area contributed by atoms with Crippen LogP contribution in [0.15, 0.2) is 54.6 Å². The molecule has 0 spiro atoms. The standard InChI is InChI=1S/C35H43NO18.2Na/c1-17(19-10-7-11-20(16-19)21(37)18-8-5-4-6-9-18)32(45)50-15-14-49-13-12-36-35(46)54-27-24(40)26(29(31(43)44)53-34(27)48-3)51-33-23(39)22(38)25(47-2)28(52-33)30(41)42;;/h4-11,16-17,22-29,33-34,38-40H,12-15H2,1-3H3,(H,36,46)(H,41,42)(H,43,44);;/q;2*+1/p-2/t17?,22?,23?,24?,25-,26-,27-,28+,29?,33?,34+;;/m0../s1. The number of rotatable bonds is 17.